The molecule has 0 amide bonds. The van der Waals surface area contributed by atoms with Gasteiger partial charge in [-0.05, 0) is 84.5 Å². The summed E-state index contributed by atoms with van der Waals surface area (Å²) >= 11 is 0. The first-order valence-electron chi connectivity index (χ1n) is 10.7. The number of benzene rings is 1. The highest BCUT2D eigenvalue weighted by Gasteiger charge is 2.51. The second kappa shape index (κ2) is 7.76. The molecular weight excluding hydrogens is 373 g/mol. The fraction of sp³-hybridized carbons (Fsp3) is 0.600. The van der Waals surface area contributed by atoms with Gasteiger partial charge in [-0.2, -0.15) is 0 Å². The van der Waals surface area contributed by atoms with E-state index in [2.05, 4.69) is 79.8 Å². The fourth-order valence-electron chi connectivity index (χ4n) is 3.43. The average Bonchev–Trinajstić information content (AvgIpc) is 2.72. The number of allylic oxidation sites excluding steroid dienone is 1. The topological polar surface area (TPSA) is 30.9 Å². The van der Waals surface area contributed by atoms with E-state index < -0.39 is 7.12 Å². The molecule has 0 atom stereocenters. The maximum atomic E-state index is 6.28. The lowest BCUT2D eigenvalue weighted by molar-refractivity contribution is 0.00578. The van der Waals surface area contributed by atoms with Crippen LogP contribution in [-0.4, -0.2) is 23.9 Å². The highest BCUT2D eigenvalue weighted by molar-refractivity contribution is 6.62. The summed E-state index contributed by atoms with van der Waals surface area (Å²) in [6, 6.07) is 6.33. The van der Waals surface area contributed by atoms with Crippen molar-refractivity contribution in [3.8, 4) is 0 Å². The van der Waals surface area contributed by atoms with Gasteiger partial charge in [-0.3, -0.25) is 4.90 Å². The van der Waals surface area contributed by atoms with Crippen LogP contribution in [0.4, 0.5) is 5.69 Å². The molecule has 4 nitrogen and oxygen atoms in total. The van der Waals surface area contributed by atoms with Gasteiger partial charge < -0.3 is 14.0 Å². The molecule has 1 aromatic carbocycles. The highest BCUT2D eigenvalue weighted by atomic mass is 16.7. The van der Waals surface area contributed by atoms with E-state index in [0.29, 0.717) is 5.88 Å². The minimum atomic E-state index is -0.405. The Morgan fingerprint density at radius 3 is 1.87 bits per heavy atom. The van der Waals surface area contributed by atoms with Crippen molar-refractivity contribution in [1.82, 2.24) is 0 Å². The van der Waals surface area contributed by atoms with Crippen LogP contribution >= 0.6 is 0 Å². The van der Waals surface area contributed by atoms with Crippen LogP contribution < -0.4 is 10.4 Å². The molecule has 0 radical (unpaired) electrons. The number of anilines is 1. The minimum absolute atomic E-state index is 0.120. The fourth-order valence-corrected chi connectivity index (χ4v) is 3.43. The molecule has 166 valence electrons. The van der Waals surface area contributed by atoms with Gasteiger partial charge in [0.05, 0.1) is 16.9 Å². The van der Waals surface area contributed by atoms with Crippen molar-refractivity contribution in [2.75, 3.05) is 4.90 Å². The third kappa shape index (κ3) is 5.12. The molecule has 0 saturated carbocycles. The number of nitrogens with zero attached hydrogens (tertiary/aromatic N) is 1. The molecule has 0 spiro atoms. The van der Waals surface area contributed by atoms with Crippen LogP contribution in [0.25, 0.3) is 0 Å². The van der Waals surface area contributed by atoms with Crippen LogP contribution in [0.3, 0.4) is 0 Å². The van der Waals surface area contributed by atoms with Gasteiger partial charge >= 0.3 is 7.12 Å². The van der Waals surface area contributed by atoms with Gasteiger partial charge in [0, 0.05) is 5.70 Å². The van der Waals surface area contributed by atoms with Crippen molar-refractivity contribution < 1.29 is 14.0 Å². The third-order valence-electron chi connectivity index (χ3n) is 5.65. The van der Waals surface area contributed by atoms with E-state index in [0.717, 1.165) is 22.4 Å². The standard InChI is InChI=1S/C25H40BNO3/c1-17(2)27(18(3)28-23(7,8)9)21-15-14-19(16-20(21)22(4,5)6)26-29-24(10,11)25(12,13)30-26/h14-16H,1,3H2,2,4-13H3. The van der Waals surface area contributed by atoms with E-state index in [4.69, 9.17) is 14.0 Å². The molecule has 0 unspecified atom stereocenters. The van der Waals surface area contributed by atoms with Crippen molar-refractivity contribution in [2.45, 2.75) is 98.4 Å². The lowest BCUT2D eigenvalue weighted by Crippen LogP contribution is -2.41. The third-order valence-corrected chi connectivity index (χ3v) is 5.65. The molecule has 1 aliphatic heterocycles. The van der Waals surface area contributed by atoms with Crippen LogP contribution in [0.5, 0.6) is 0 Å². The Balaban J connectivity index is 2.54. The van der Waals surface area contributed by atoms with E-state index in [-0.39, 0.29) is 22.2 Å². The zero-order chi connectivity index (χ0) is 23.3. The molecule has 5 heteroatoms. The van der Waals surface area contributed by atoms with Gasteiger partial charge in [0.25, 0.3) is 0 Å². The molecule has 0 bridgehead atoms. The lowest BCUT2D eigenvalue weighted by Gasteiger charge is -2.35. The van der Waals surface area contributed by atoms with Gasteiger partial charge in [-0.25, -0.2) is 0 Å². The molecule has 2 rings (SSSR count). The predicted molar refractivity (Wildman–Crippen MR) is 128 cm³/mol. The SMILES string of the molecule is C=C(C)N(C(=C)OC(C)(C)C)c1ccc(B2OC(C)(C)C(C)(C)O2)cc1C(C)(C)C. The van der Waals surface area contributed by atoms with Crippen LogP contribution in [0.1, 0.15) is 81.7 Å². The highest BCUT2D eigenvalue weighted by Crippen LogP contribution is 2.39. The first-order valence-corrected chi connectivity index (χ1v) is 10.7. The van der Waals surface area contributed by atoms with Crippen molar-refractivity contribution in [1.29, 1.82) is 0 Å². The monoisotopic (exact) mass is 413 g/mol. The molecule has 1 saturated heterocycles. The molecule has 30 heavy (non-hydrogen) atoms. The van der Waals surface area contributed by atoms with E-state index in [1.54, 1.807) is 0 Å². The molecule has 1 aliphatic rings. The van der Waals surface area contributed by atoms with Crippen LogP contribution in [0, 0.1) is 0 Å². The maximum Gasteiger partial charge on any atom is 0.494 e. The molecule has 0 N–H and O–H groups in total. The molecule has 0 aliphatic carbocycles. The Morgan fingerprint density at radius 1 is 0.967 bits per heavy atom. The van der Waals surface area contributed by atoms with E-state index in [9.17, 15) is 0 Å². The molecule has 1 aromatic rings. The summed E-state index contributed by atoms with van der Waals surface area (Å²) in [5.41, 5.74) is 2.78. The zero-order valence-corrected chi connectivity index (χ0v) is 20.9. The Labute approximate surface area is 184 Å². The Kier molecular flexibility index (Phi) is 6.35. The average molecular weight is 413 g/mol. The molecular formula is C25H40BNO3. The summed E-state index contributed by atoms with van der Waals surface area (Å²) < 4.78 is 18.7. The summed E-state index contributed by atoms with van der Waals surface area (Å²) in [6.07, 6.45) is 0. The van der Waals surface area contributed by atoms with Crippen molar-refractivity contribution >= 4 is 18.3 Å². The van der Waals surface area contributed by atoms with Gasteiger partial charge in [0.15, 0.2) is 5.88 Å². The van der Waals surface area contributed by atoms with Crippen molar-refractivity contribution in [2.24, 2.45) is 0 Å². The van der Waals surface area contributed by atoms with E-state index in [1.807, 2.05) is 32.6 Å². The van der Waals surface area contributed by atoms with Gasteiger partial charge in [0.2, 0.25) is 0 Å². The smallest absolute Gasteiger partial charge is 0.473 e. The van der Waals surface area contributed by atoms with Crippen LogP contribution in [0.2, 0.25) is 0 Å². The van der Waals surface area contributed by atoms with E-state index in [1.165, 1.54) is 0 Å². The number of hydrogen-bond donors (Lipinski definition) is 0. The molecule has 0 aromatic heterocycles. The summed E-state index contributed by atoms with van der Waals surface area (Å²) in [5.74, 6) is 0.559. The molecule has 1 heterocycles. The summed E-state index contributed by atoms with van der Waals surface area (Å²) in [5, 5.41) is 0. The lowest BCUT2D eigenvalue weighted by atomic mass is 9.74. The first kappa shape index (κ1) is 24.6. The predicted octanol–water partition coefficient (Wildman–Crippen LogP) is 5.91. The zero-order valence-electron chi connectivity index (χ0n) is 20.9. The van der Waals surface area contributed by atoms with Crippen LogP contribution in [-0.2, 0) is 19.5 Å². The second-order valence-electron chi connectivity index (χ2n) is 11.3. The minimum Gasteiger partial charge on any atom is -0.473 e. The number of hydrogen-bond acceptors (Lipinski definition) is 4. The molecule has 1 fully saturated rings. The first-order chi connectivity index (χ1) is 13.4. The Morgan fingerprint density at radius 2 is 1.47 bits per heavy atom. The van der Waals surface area contributed by atoms with Crippen molar-refractivity contribution in [3.63, 3.8) is 0 Å². The van der Waals surface area contributed by atoms with E-state index >= 15 is 0 Å². The number of rotatable bonds is 5. The van der Waals surface area contributed by atoms with Crippen molar-refractivity contribution in [3.05, 3.63) is 48.5 Å². The normalized spacial score (nSPS) is 18.3. The summed E-state index contributed by atoms with van der Waals surface area (Å²) in [7, 11) is -0.405. The largest absolute Gasteiger partial charge is 0.494 e. The van der Waals surface area contributed by atoms with Gasteiger partial charge in [-0.15, -0.1) is 0 Å². The number of ether oxygens (including phenoxy) is 1. The maximum absolute atomic E-state index is 6.28. The Hall–Kier alpha value is -1.72. The van der Waals surface area contributed by atoms with Gasteiger partial charge in [-0.1, -0.05) is 39.5 Å². The summed E-state index contributed by atoms with van der Waals surface area (Å²) in [4.78, 5) is 1.99. The van der Waals surface area contributed by atoms with Gasteiger partial charge in [0.1, 0.15) is 5.60 Å². The summed E-state index contributed by atoms with van der Waals surface area (Å²) in [6.45, 7) is 31.3. The second-order valence-corrected chi connectivity index (χ2v) is 11.3. The van der Waals surface area contributed by atoms with Crippen LogP contribution in [0.15, 0.2) is 42.9 Å². The Bertz CT molecular complexity index is 812. The quantitative estimate of drug-likeness (QED) is 0.444.